The summed E-state index contributed by atoms with van der Waals surface area (Å²) in [5, 5.41) is 0. The van der Waals surface area contributed by atoms with Crippen molar-refractivity contribution in [1.29, 1.82) is 0 Å². The van der Waals surface area contributed by atoms with Crippen molar-refractivity contribution in [2.45, 2.75) is 19.9 Å². The Bertz CT molecular complexity index is 744. The molecule has 0 amide bonds. The van der Waals surface area contributed by atoms with E-state index in [1.54, 1.807) is 10.6 Å². The summed E-state index contributed by atoms with van der Waals surface area (Å²) in [6, 6.07) is 8.08. The molecule has 4 nitrogen and oxygen atoms in total. The molecule has 0 aliphatic heterocycles. The molecule has 2 heterocycles. The maximum atomic E-state index is 13.4. The highest BCUT2D eigenvalue weighted by molar-refractivity contribution is 5.78. The van der Waals surface area contributed by atoms with E-state index in [4.69, 9.17) is 10.2 Å². The molecule has 3 aromatic rings. The van der Waals surface area contributed by atoms with Crippen LogP contribution in [-0.4, -0.2) is 9.55 Å². The third-order valence-corrected chi connectivity index (χ3v) is 3.24. The molecule has 1 atom stereocenters. The van der Waals surface area contributed by atoms with Crippen molar-refractivity contribution >= 4 is 17.0 Å². The van der Waals surface area contributed by atoms with Crippen molar-refractivity contribution in [3.63, 3.8) is 0 Å². The fourth-order valence-electron chi connectivity index (χ4n) is 2.30. The summed E-state index contributed by atoms with van der Waals surface area (Å²) < 4.78 is 20.8. The summed E-state index contributed by atoms with van der Waals surface area (Å²) in [6.07, 6.45) is 0. The molecule has 0 spiro atoms. The van der Waals surface area contributed by atoms with Gasteiger partial charge in [0.25, 0.3) is 0 Å². The monoisotopic (exact) mass is 259 g/mol. The molecule has 2 aromatic heterocycles. The maximum absolute atomic E-state index is 13.4. The number of halogens is 1. The van der Waals surface area contributed by atoms with Gasteiger partial charge in [0.2, 0.25) is 5.95 Å². The first-order valence-electron chi connectivity index (χ1n) is 6.05. The Morgan fingerprint density at radius 3 is 2.79 bits per heavy atom. The summed E-state index contributed by atoms with van der Waals surface area (Å²) in [4.78, 5) is 4.24. The van der Waals surface area contributed by atoms with E-state index in [2.05, 4.69) is 4.98 Å². The van der Waals surface area contributed by atoms with Crippen molar-refractivity contribution in [3.05, 3.63) is 47.7 Å². The van der Waals surface area contributed by atoms with Gasteiger partial charge in [-0.2, -0.15) is 0 Å². The number of rotatable bonds is 2. The average Bonchev–Trinajstić information content (AvgIpc) is 2.91. The van der Waals surface area contributed by atoms with Crippen LogP contribution in [0.3, 0.4) is 0 Å². The van der Waals surface area contributed by atoms with E-state index >= 15 is 0 Å². The van der Waals surface area contributed by atoms with Crippen LogP contribution in [0.5, 0.6) is 0 Å². The Morgan fingerprint density at radius 1 is 1.32 bits per heavy atom. The summed E-state index contributed by atoms with van der Waals surface area (Å²) in [7, 11) is 0. The third-order valence-electron chi connectivity index (χ3n) is 3.24. The number of benzene rings is 1. The smallest absolute Gasteiger partial charge is 0.201 e. The molecule has 0 aliphatic carbocycles. The molecule has 0 fully saturated rings. The number of nitrogens with zero attached hydrogens (tertiary/aromatic N) is 2. The molecule has 19 heavy (non-hydrogen) atoms. The van der Waals surface area contributed by atoms with E-state index in [1.165, 1.54) is 12.1 Å². The van der Waals surface area contributed by atoms with Crippen LogP contribution >= 0.6 is 0 Å². The third kappa shape index (κ3) is 1.87. The Kier molecular flexibility index (Phi) is 2.55. The lowest BCUT2D eigenvalue weighted by atomic mass is 10.2. The predicted octanol–water partition coefficient (Wildman–Crippen LogP) is 3.27. The number of nitrogen functional groups attached to an aromatic ring is 1. The number of imidazole rings is 1. The summed E-state index contributed by atoms with van der Waals surface area (Å²) in [5.74, 6) is 1.64. The van der Waals surface area contributed by atoms with E-state index in [9.17, 15) is 4.39 Å². The van der Waals surface area contributed by atoms with Crippen LogP contribution < -0.4 is 5.73 Å². The molecule has 5 heteroatoms. The average molecular weight is 259 g/mol. The Labute approximate surface area is 109 Å². The number of aryl methyl sites for hydroxylation is 1. The van der Waals surface area contributed by atoms with Gasteiger partial charge in [-0.3, -0.25) is 4.57 Å². The van der Waals surface area contributed by atoms with Gasteiger partial charge in [0, 0.05) is 0 Å². The summed E-state index contributed by atoms with van der Waals surface area (Å²) >= 11 is 0. The standard InChI is InChI=1S/C14H14FN3O/c1-8-3-6-13(19-8)9(2)18-12-7-10(15)4-5-11(12)17-14(18)16/h3-7,9H,1-2H3,(H2,16,17). The van der Waals surface area contributed by atoms with Crippen molar-refractivity contribution in [3.8, 4) is 0 Å². The Morgan fingerprint density at radius 2 is 2.11 bits per heavy atom. The van der Waals surface area contributed by atoms with Crippen molar-refractivity contribution in [2.75, 3.05) is 5.73 Å². The van der Waals surface area contributed by atoms with E-state index < -0.39 is 0 Å². The van der Waals surface area contributed by atoms with Gasteiger partial charge in [-0.25, -0.2) is 9.37 Å². The highest BCUT2D eigenvalue weighted by atomic mass is 19.1. The normalized spacial score (nSPS) is 13.0. The minimum atomic E-state index is -0.309. The van der Waals surface area contributed by atoms with Gasteiger partial charge in [0.15, 0.2) is 0 Å². The zero-order valence-corrected chi connectivity index (χ0v) is 10.7. The second-order valence-electron chi connectivity index (χ2n) is 4.60. The molecule has 0 saturated heterocycles. The van der Waals surface area contributed by atoms with Gasteiger partial charge in [-0.05, 0) is 44.2 Å². The van der Waals surface area contributed by atoms with Crippen LogP contribution in [0.1, 0.15) is 24.5 Å². The van der Waals surface area contributed by atoms with Crippen LogP contribution in [0.2, 0.25) is 0 Å². The molecular formula is C14H14FN3O. The number of aromatic nitrogens is 2. The molecule has 0 aliphatic rings. The van der Waals surface area contributed by atoms with Gasteiger partial charge in [-0.15, -0.1) is 0 Å². The largest absolute Gasteiger partial charge is 0.464 e. The molecule has 3 rings (SSSR count). The van der Waals surface area contributed by atoms with Gasteiger partial charge < -0.3 is 10.2 Å². The number of fused-ring (bicyclic) bond motifs is 1. The SMILES string of the molecule is Cc1ccc(C(C)n2c(N)nc3ccc(F)cc32)o1. The maximum Gasteiger partial charge on any atom is 0.201 e. The Balaban J connectivity index is 2.18. The number of hydrogen-bond donors (Lipinski definition) is 1. The highest BCUT2D eigenvalue weighted by Crippen LogP contribution is 2.28. The zero-order chi connectivity index (χ0) is 13.6. The van der Waals surface area contributed by atoms with Crippen molar-refractivity contribution in [1.82, 2.24) is 9.55 Å². The van der Waals surface area contributed by atoms with E-state index in [-0.39, 0.29) is 11.9 Å². The number of nitrogens with two attached hydrogens (primary N) is 1. The summed E-state index contributed by atoms with van der Waals surface area (Å²) in [6.45, 7) is 3.83. The molecule has 0 bridgehead atoms. The van der Waals surface area contributed by atoms with Crippen LogP contribution in [-0.2, 0) is 0 Å². The lowest BCUT2D eigenvalue weighted by molar-refractivity contribution is 0.435. The highest BCUT2D eigenvalue weighted by Gasteiger charge is 2.18. The van der Waals surface area contributed by atoms with Crippen LogP contribution in [0.4, 0.5) is 10.3 Å². The lowest BCUT2D eigenvalue weighted by Crippen LogP contribution is -2.09. The van der Waals surface area contributed by atoms with Crippen LogP contribution in [0.25, 0.3) is 11.0 Å². The molecule has 1 aromatic carbocycles. The first-order valence-corrected chi connectivity index (χ1v) is 6.05. The molecule has 0 radical (unpaired) electrons. The van der Waals surface area contributed by atoms with Gasteiger partial charge in [0.05, 0.1) is 17.1 Å². The summed E-state index contributed by atoms with van der Waals surface area (Å²) in [5.41, 5.74) is 7.28. The first kappa shape index (κ1) is 11.8. The fraction of sp³-hybridized carbons (Fsp3) is 0.214. The van der Waals surface area contributed by atoms with Gasteiger partial charge in [0.1, 0.15) is 17.3 Å². The second kappa shape index (κ2) is 4.12. The number of furan rings is 1. The zero-order valence-electron chi connectivity index (χ0n) is 10.7. The lowest BCUT2D eigenvalue weighted by Gasteiger charge is -2.13. The van der Waals surface area contributed by atoms with Crippen molar-refractivity contribution in [2.24, 2.45) is 0 Å². The minimum absolute atomic E-state index is 0.138. The molecule has 0 saturated carbocycles. The number of hydrogen-bond acceptors (Lipinski definition) is 3. The molecular weight excluding hydrogens is 245 g/mol. The predicted molar refractivity (Wildman–Crippen MR) is 71.4 cm³/mol. The van der Waals surface area contributed by atoms with E-state index in [1.807, 2.05) is 26.0 Å². The van der Waals surface area contributed by atoms with E-state index in [0.29, 0.717) is 17.0 Å². The minimum Gasteiger partial charge on any atom is -0.464 e. The van der Waals surface area contributed by atoms with Crippen LogP contribution in [0, 0.1) is 12.7 Å². The van der Waals surface area contributed by atoms with Crippen molar-refractivity contribution < 1.29 is 8.81 Å². The second-order valence-corrected chi connectivity index (χ2v) is 4.60. The van der Waals surface area contributed by atoms with Gasteiger partial charge >= 0.3 is 0 Å². The quantitative estimate of drug-likeness (QED) is 0.768. The molecule has 2 N–H and O–H groups in total. The van der Waals surface area contributed by atoms with Crippen LogP contribution in [0.15, 0.2) is 34.7 Å². The fourth-order valence-corrected chi connectivity index (χ4v) is 2.30. The van der Waals surface area contributed by atoms with Gasteiger partial charge in [-0.1, -0.05) is 0 Å². The molecule has 98 valence electrons. The van der Waals surface area contributed by atoms with E-state index in [0.717, 1.165) is 11.5 Å². The Hall–Kier alpha value is -2.30. The topological polar surface area (TPSA) is 57.0 Å². The number of anilines is 1. The molecule has 1 unspecified atom stereocenters. The first-order chi connectivity index (χ1) is 9.06.